The van der Waals surface area contributed by atoms with Gasteiger partial charge in [0.15, 0.2) is 0 Å². The lowest BCUT2D eigenvalue weighted by Gasteiger charge is -2.20. The van der Waals surface area contributed by atoms with Gasteiger partial charge in [0.2, 0.25) is 0 Å². The van der Waals surface area contributed by atoms with Crippen LogP contribution in [0.1, 0.15) is 33.3 Å². The van der Waals surface area contributed by atoms with E-state index in [1.165, 1.54) is 0 Å². The average molecular weight is 285 g/mol. The third-order valence-corrected chi connectivity index (χ3v) is 3.12. The van der Waals surface area contributed by atoms with E-state index in [0.717, 1.165) is 24.3 Å². The van der Waals surface area contributed by atoms with Crippen LogP contribution < -0.4 is 10.2 Å². The number of hydrogen-bond acceptors (Lipinski definition) is 3. The summed E-state index contributed by atoms with van der Waals surface area (Å²) in [4.78, 5) is 14.1. The summed E-state index contributed by atoms with van der Waals surface area (Å²) in [5.41, 5.74) is 2.11. The lowest BCUT2D eigenvalue weighted by molar-refractivity contribution is -0.117. The Morgan fingerprint density at radius 1 is 1.29 bits per heavy atom. The second-order valence-electron chi connectivity index (χ2n) is 5.06. The van der Waals surface area contributed by atoms with Gasteiger partial charge in [0.1, 0.15) is 11.6 Å². The summed E-state index contributed by atoms with van der Waals surface area (Å²) >= 11 is 0. The molecular formula is C17H23N3O. The number of carbonyl (C=O) groups is 1. The van der Waals surface area contributed by atoms with Crippen molar-refractivity contribution in [2.75, 3.05) is 18.0 Å². The van der Waals surface area contributed by atoms with Gasteiger partial charge < -0.3 is 10.2 Å². The molecule has 1 rings (SSSR count). The zero-order valence-electron chi connectivity index (χ0n) is 13.2. The van der Waals surface area contributed by atoms with Gasteiger partial charge >= 0.3 is 0 Å². The van der Waals surface area contributed by atoms with Crippen molar-refractivity contribution in [3.8, 4) is 6.07 Å². The molecule has 0 unspecified atom stereocenters. The van der Waals surface area contributed by atoms with Crippen molar-refractivity contribution in [3.05, 3.63) is 35.4 Å². The highest BCUT2D eigenvalue weighted by Gasteiger charge is 2.10. The maximum absolute atomic E-state index is 11.8. The molecule has 1 aromatic carbocycles. The Kier molecular flexibility index (Phi) is 6.48. The Morgan fingerprint density at radius 3 is 2.29 bits per heavy atom. The minimum absolute atomic E-state index is 0.0132. The second kappa shape index (κ2) is 8.11. The molecule has 1 amide bonds. The number of nitriles is 1. The van der Waals surface area contributed by atoms with E-state index in [4.69, 9.17) is 5.26 Å². The molecule has 0 aromatic heterocycles. The maximum Gasteiger partial charge on any atom is 0.262 e. The average Bonchev–Trinajstić information content (AvgIpc) is 2.46. The molecule has 0 saturated heterocycles. The van der Waals surface area contributed by atoms with Crippen molar-refractivity contribution in [1.29, 1.82) is 5.26 Å². The van der Waals surface area contributed by atoms with E-state index in [-0.39, 0.29) is 17.5 Å². The van der Waals surface area contributed by atoms with Crippen LogP contribution in [0.5, 0.6) is 0 Å². The SMILES string of the molecule is CCN(CC)c1ccc(/C=C(/C#N)C(=O)NC(C)C)cc1. The number of anilines is 1. The van der Waals surface area contributed by atoms with E-state index in [9.17, 15) is 4.79 Å². The lowest BCUT2D eigenvalue weighted by atomic mass is 10.1. The normalized spacial score (nSPS) is 11.1. The van der Waals surface area contributed by atoms with Crippen molar-refractivity contribution in [1.82, 2.24) is 5.32 Å². The van der Waals surface area contributed by atoms with Gasteiger partial charge in [0, 0.05) is 24.8 Å². The van der Waals surface area contributed by atoms with Crippen molar-refractivity contribution < 1.29 is 4.79 Å². The molecule has 0 spiro atoms. The molecule has 4 heteroatoms. The first-order valence-electron chi connectivity index (χ1n) is 7.29. The van der Waals surface area contributed by atoms with Crippen LogP contribution in [0.4, 0.5) is 5.69 Å². The predicted molar refractivity (Wildman–Crippen MR) is 86.9 cm³/mol. The smallest absolute Gasteiger partial charge is 0.262 e. The van der Waals surface area contributed by atoms with E-state index in [0.29, 0.717) is 0 Å². The van der Waals surface area contributed by atoms with Gasteiger partial charge in [0.05, 0.1) is 0 Å². The Hall–Kier alpha value is -2.28. The quantitative estimate of drug-likeness (QED) is 0.646. The summed E-state index contributed by atoms with van der Waals surface area (Å²) in [6.45, 7) is 9.86. The van der Waals surface area contributed by atoms with Crippen LogP contribution in [0.15, 0.2) is 29.8 Å². The van der Waals surface area contributed by atoms with Gasteiger partial charge in [-0.2, -0.15) is 5.26 Å². The third kappa shape index (κ3) is 4.96. The molecule has 0 saturated carbocycles. The molecule has 21 heavy (non-hydrogen) atoms. The Labute approximate surface area is 127 Å². The fraction of sp³-hybridized carbons (Fsp3) is 0.412. The van der Waals surface area contributed by atoms with Crippen molar-refractivity contribution >= 4 is 17.7 Å². The highest BCUT2D eigenvalue weighted by atomic mass is 16.1. The number of carbonyl (C=O) groups excluding carboxylic acids is 1. The monoisotopic (exact) mass is 285 g/mol. The van der Waals surface area contributed by atoms with Gasteiger partial charge in [-0.05, 0) is 51.5 Å². The van der Waals surface area contributed by atoms with Crippen LogP contribution in [0.3, 0.4) is 0 Å². The number of nitrogens with one attached hydrogen (secondary N) is 1. The first kappa shape index (κ1) is 16.8. The highest BCUT2D eigenvalue weighted by Crippen LogP contribution is 2.16. The van der Waals surface area contributed by atoms with E-state index >= 15 is 0 Å². The standard InChI is InChI=1S/C17H23N3O/c1-5-20(6-2)16-9-7-14(8-10-16)11-15(12-18)17(21)19-13(3)4/h7-11,13H,5-6H2,1-4H3,(H,19,21)/b15-11-. The molecule has 0 heterocycles. The summed E-state index contributed by atoms with van der Waals surface area (Å²) in [7, 11) is 0. The molecular weight excluding hydrogens is 262 g/mol. The summed E-state index contributed by atoms with van der Waals surface area (Å²) in [5.74, 6) is -0.333. The summed E-state index contributed by atoms with van der Waals surface area (Å²) in [5, 5.41) is 11.8. The van der Waals surface area contributed by atoms with Crippen LogP contribution in [0.25, 0.3) is 6.08 Å². The zero-order chi connectivity index (χ0) is 15.8. The fourth-order valence-corrected chi connectivity index (χ4v) is 2.03. The lowest BCUT2D eigenvalue weighted by Crippen LogP contribution is -2.30. The molecule has 4 nitrogen and oxygen atoms in total. The highest BCUT2D eigenvalue weighted by molar-refractivity contribution is 6.01. The summed E-state index contributed by atoms with van der Waals surface area (Å²) in [6, 6.07) is 9.83. The number of nitrogens with zero attached hydrogens (tertiary/aromatic N) is 2. The molecule has 0 radical (unpaired) electrons. The zero-order valence-corrected chi connectivity index (χ0v) is 13.2. The molecule has 0 bridgehead atoms. The Balaban J connectivity index is 2.93. The van der Waals surface area contributed by atoms with Crippen LogP contribution in [0.2, 0.25) is 0 Å². The largest absolute Gasteiger partial charge is 0.372 e. The third-order valence-electron chi connectivity index (χ3n) is 3.12. The van der Waals surface area contributed by atoms with Crippen molar-refractivity contribution in [2.24, 2.45) is 0 Å². The number of benzene rings is 1. The number of amides is 1. The summed E-state index contributed by atoms with van der Waals surface area (Å²) in [6.07, 6.45) is 1.61. The van der Waals surface area contributed by atoms with Crippen LogP contribution in [0, 0.1) is 11.3 Å². The Bertz CT molecular complexity index is 534. The number of rotatable bonds is 6. The molecule has 1 aromatic rings. The van der Waals surface area contributed by atoms with E-state index in [1.54, 1.807) is 6.08 Å². The predicted octanol–water partition coefficient (Wildman–Crippen LogP) is 2.96. The van der Waals surface area contributed by atoms with Gasteiger partial charge in [0.25, 0.3) is 5.91 Å². The van der Waals surface area contributed by atoms with Crippen LogP contribution in [-0.2, 0) is 4.79 Å². The maximum atomic E-state index is 11.8. The van der Waals surface area contributed by atoms with Gasteiger partial charge in [-0.25, -0.2) is 0 Å². The van der Waals surface area contributed by atoms with Crippen molar-refractivity contribution in [2.45, 2.75) is 33.7 Å². The molecule has 0 aliphatic rings. The number of hydrogen-bond donors (Lipinski definition) is 1. The molecule has 112 valence electrons. The first-order valence-corrected chi connectivity index (χ1v) is 7.29. The van der Waals surface area contributed by atoms with Gasteiger partial charge in [-0.3, -0.25) is 4.79 Å². The molecule has 0 aliphatic carbocycles. The Morgan fingerprint density at radius 2 is 1.86 bits per heavy atom. The molecule has 1 N–H and O–H groups in total. The molecule has 0 fully saturated rings. The first-order chi connectivity index (χ1) is 10.0. The van der Waals surface area contributed by atoms with Gasteiger partial charge in [-0.1, -0.05) is 12.1 Å². The van der Waals surface area contributed by atoms with Gasteiger partial charge in [-0.15, -0.1) is 0 Å². The van der Waals surface area contributed by atoms with Crippen LogP contribution >= 0.6 is 0 Å². The fourth-order valence-electron chi connectivity index (χ4n) is 2.03. The summed E-state index contributed by atoms with van der Waals surface area (Å²) < 4.78 is 0. The van der Waals surface area contributed by atoms with E-state index < -0.39 is 0 Å². The van der Waals surface area contributed by atoms with E-state index in [2.05, 4.69) is 24.1 Å². The molecule has 0 aliphatic heterocycles. The van der Waals surface area contributed by atoms with E-state index in [1.807, 2.05) is 44.2 Å². The van der Waals surface area contributed by atoms with Crippen molar-refractivity contribution in [3.63, 3.8) is 0 Å². The minimum atomic E-state index is -0.333. The minimum Gasteiger partial charge on any atom is -0.372 e. The second-order valence-corrected chi connectivity index (χ2v) is 5.06. The topological polar surface area (TPSA) is 56.1 Å². The van der Waals surface area contributed by atoms with Crippen LogP contribution in [-0.4, -0.2) is 25.0 Å². The molecule has 0 atom stereocenters.